The predicted molar refractivity (Wildman–Crippen MR) is 178 cm³/mol. The van der Waals surface area contributed by atoms with Crippen LogP contribution in [0.4, 0.5) is 0 Å². The highest BCUT2D eigenvalue weighted by atomic mass is 16.6. The molecule has 8 rings (SSSR count). The van der Waals surface area contributed by atoms with Gasteiger partial charge in [0.2, 0.25) is 0 Å². The third-order valence-electron chi connectivity index (χ3n) is 10.1. The lowest BCUT2D eigenvalue weighted by molar-refractivity contribution is -0.132. The molecule has 2 N–H and O–H groups in total. The summed E-state index contributed by atoms with van der Waals surface area (Å²) in [6.07, 6.45) is 4.40. The van der Waals surface area contributed by atoms with Gasteiger partial charge in [-0.3, -0.25) is 9.59 Å². The van der Waals surface area contributed by atoms with Crippen LogP contribution in [0.15, 0.2) is 48.5 Å². The minimum absolute atomic E-state index is 0.0165. The topological polar surface area (TPSA) is 127 Å². The molecular formula is C36H38N6O5. The van der Waals surface area contributed by atoms with Crippen LogP contribution in [0.3, 0.4) is 0 Å². The quantitative estimate of drug-likeness (QED) is 0.183. The normalized spacial score (nSPS) is 20.4. The first-order valence-electron chi connectivity index (χ1n) is 16.2. The molecule has 3 fully saturated rings. The zero-order valence-corrected chi connectivity index (χ0v) is 27.0. The van der Waals surface area contributed by atoms with E-state index in [1.54, 1.807) is 20.3 Å². The summed E-state index contributed by atoms with van der Waals surface area (Å²) >= 11 is 0. The van der Waals surface area contributed by atoms with E-state index >= 15 is 0 Å². The fraction of sp³-hybridized carbons (Fsp3) is 0.389. The third-order valence-corrected chi connectivity index (χ3v) is 10.1. The average Bonchev–Trinajstić information content (AvgIpc) is 3.47. The Morgan fingerprint density at radius 2 is 1.74 bits per heavy atom. The van der Waals surface area contributed by atoms with E-state index in [0.717, 1.165) is 58.7 Å². The minimum Gasteiger partial charge on any atom is -0.494 e. The van der Waals surface area contributed by atoms with Gasteiger partial charge < -0.3 is 34.0 Å². The maximum atomic E-state index is 13.7. The second kappa shape index (κ2) is 11.1. The van der Waals surface area contributed by atoms with Crippen molar-refractivity contribution in [1.29, 1.82) is 0 Å². The van der Waals surface area contributed by atoms with Crippen molar-refractivity contribution in [3.8, 4) is 40.0 Å². The number of piperidine rings is 1. The van der Waals surface area contributed by atoms with Gasteiger partial charge in [-0.05, 0) is 86.1 Å². The standard InChI is InChI=1S/C36H38N6O5/c1-19(43)47-29-12-9-21(15-30(29)45-3)25-10-7-22-14-28(41(34(22)38-25)17-20-5-6-20)35-39-26-13-24(16-31(46-4)33(26)40(35)2)36(44)42-18-23-8-11-27(42)32(23)37/h7,9-10,12-16,20,23,27,32H,5-6,8,11,17-18,37H2,1-4H3/t23-,27-,32-/m1/s1. The number of aromatic nitrogens is 4. The van der Waals surface area contributed by atoms with E-state index in [2.05, 4.69) is 16.7 Å². The van der Waals surface area contributed by atoms with Crippen LogP contribution in [0.1, 0.15) is 43.0 Å². The number of hydrogen-bond donors (Lipinski definition) is 1. The molecule has 2 bridgehead atoms. The molecule has 0 radical (unpaired) electrons. The Bertz CT molecular complexity index is 2080. The second-order valence-corrected chi connectivity index (χ2v) is 13.1. The molecule has 2 aromatic carbocycles. The predicted octanol–water partition coefficient (Wildman–Crippen LogP) is 5.17. The van der Waals surface area contributed by atoms with Gasteiger partial charge in [-0.2, -0.15) is 0 Å². The third kappa shape index (κ3) is 4.91. The second-order valence-electron chi connectivity index (χ2n) is 13.1. The number of nitrogens with zero attached hydrogens (tertiary/aromatic N) is 5. The molecule has 3 atom stereocenters. The zero-order chi connectivity index (χ0) is 32.6. The zero-order valence-electron chi connectivity index (χ0n) is 27.0. The van der Waals surface area contributed by atoms with Crippen molar-refractivity contribution in [2.24, 2.45) is 24.6 Å². The molecule has 2 saturated carbocycles. The molecule has 242 valence electrons. The number of imidazole rings is 1. The number of ether oxygens (including phenoxy) is 3. The number of carbonyl (C=O) groups is 2. The summed E-state index contributed by atoms with van der Waals surface area (Å²) in [5, 5.41) is 1.00. The average molecular weight is 635 g/mol. The summed E-state index contributed by atoms with van der Waals surface area (Å²) < 4.78 is 21.0. The highest BCUT2D eigenvalue weighted by Gasteiger charge is 2.47. The van der Waals surface area contributed by atoms with E-state index in [1.807, 2.05) is 46.8 Å². The van der Waals surface area contributed by atoms with Crippen molar-refractivity contribution in [2.75, 3.05) is 20.8 Å². The number of nitrogens with two attached hydrogens (primary N) is 1. The maximum Gasteiger partial charge on any atom is 0.308 e. The number of hydrogen-bond acceptors (Lipinski definition) is 8. The molecule has 2 aliphatic carbocycles. The van der Waals surface area contributed by atoms with Gasteiger partial charge in [0.1, 0.15) is 16.9 Å². The van der Waals surface area contributed by atoms with Crippen LogP contribution in [-0.2, 0) is 18.4 Å². The number of methoxy groups -OCH3 is 2. The van der Waals surface area contributed by atoms with Gasteiger partial charge in [0.25, 0.3) is 5.91 Å². The molecule has 11 heteroatoms. The first-order valence-corrected chi connectivity index (χ1v) is 16.2. The molecule has 0 spiro atoms. The van der Waals surface area contributed by atoms with E-state index in [4.69, 9.17) is 29.9 Å². The monoisotopic (exact) mass is 634 g/mol. The fourth-order valence-electron chi connectivity index (χ4n) is 7.55. The lowest BCUT2D eigenvalue weighted by Crippen LogP contribution is -2.41. The Labute approximate surface area is 272 Å². The van der Waals surface area contributed by atoms with E-state index in [1.165, 1.54) is 19.8 Å². The summed E-state index contributed by atoms with van der Waals surface area (Å²) in [5.41, 5.74) is 12.0. The van der Waals surface area contributed by atoms with Gasteiger partial charge in [-0.15, -0.1) is 0 Å². The molecule has 1 amide bonds. The van der Waals surface area contributed by atoms with E-state index in [9.17, 15) is 9.59 Å². The SMILES string of the molecule is COc1cc(-c2ccc3cc(-c4nc5cc(C(=O)N6C[C@H]7CC[C@@H]6[C@@H]7N)cc(OC)c5n4C)n(CC4CC4)c3n2)ccc1OC(C)=O. The molecule has 4 heterocycles. The van der Waals surface area contributed by atoms with Crippen molar-refractivity contribution in [3.63, 3.8) is 0 Å². The number of carbonyl (C=O) groups excluding carboxylic acids is 2. The van der Waals surface area contributed by atoms with Crippen LogP contribution in [0, 0.1) is 11.8 Å². The number of rotatable bonds is 8. The Kier molecular flexibility index (Phi) is 6.98. The van der Waals surface area contributed by atoms with E-state index in [-0.39, 0.29) is 18.0 Å². The number of amides is 1. The molecule has 5 aromatic rings. The first-order chi connectivity index (χ1) is 22.7. The highest BCUT2D eigenvalue weighted by molar-refractivity contribution is 6.00. The minimum atomic E-state index is -0.411. The highest BCUT2D eigenvalue weighted by Crippen LogP contribution is 2.41. The smallest absolute Gasteiger partial charge is 0.308 e. The molecule has 1 saturated heterocycles. The summed E-state index contributed by atoms with van der Waals surface area (Å²) in [4.78, 5) is 37.5. The summed E-state index contributed by atoms with van der Waals surface area (Å²) in [6.45, 7) is 2.89. The Morgan fingerprint density at radius 3 is 2.43 bits per heavy atom. The van der Waals surface area contributed by atoms with Crippen LogP contribution in [0.5, 0.6) is 17.2 Å². The number of fused-ring (bicyclic) bond motifs is 4. The Balaban J connectivity index is 1.21. The van der Waals surface area contributed by atoms with Crippen molar-refractivity contribution in [3.05, 3.63) is 54.1 Å². The number of likely N-dealkylation sites (tertiary alicyclic amines) is 1. The van der Waals surface area contributed by atoms with E-state index < -0.39 is 5.97 Å². The van der Waals surface area contributed by atoms with Crippen molar-refractivity contribution >= 4 is 33.9 Å². The largest absolute Gasteiger partial charge is 0.494 e. The number of pyridine rings is 1. The maximum absolute atomic E-state index is 13.7. The lowest BCUT2D eigenvalue weighted by Gasteiger charge is -2.27. The molecule has 3 aromatic heterocycles. The Hall–Kier alpha value is -4.90. The van der Waals surface area contributed by atoms with Gasteiger partial charge >= 0.3 is 5.97 Å². The molecule has 11 nitrogen and oxygen atoms in total. The van der Waals surface area contributed by atoms with Gasteiger partial charge in [0.15, 0.2) is 17.3 Å². The van der Waals surface area contributed by atoms with Crippen molar-refractivity contribution in [1.82, 2.24) is 24.0 Å². The molecule has 1 aliphatic heterocycles. The number of aryl methyl sites for hydroxylation is 1. The fourth-order valence-corrected chi connectivity index (χ4v) is 7.55. The van der Waals surface area contributed by atoms with Crippen LogP contribution < -0.4 is 19.9 Å². The van der Waals surface area contributed by atoms with Crippen molar-refractivity contribution < 1.29 is 23.8 Å². The molecular weight excluding hydrogens is 596 g/mol. The van der Waals surface area contributed by atoms with Gasteiger partial charge in [-0.25, -0.2) is 9.97 Å². The van der Waals surface area contributed by atoms with Crippen LogP contribution >= 0.6 is 0 Å². The van der Waals surface area contributed by atoms with Crippen LogP contribution in [-0.4, -0.2) is 68.7 Å². The first kappa shape index (κ1) is 29.5. The van der Waals surface area contributed by atoms with Crippen LogP contribution in [0.25, 0.3) is 44.8 Å². The summed E-state index contributed by atoms with van der Waals surface area (Å²) in [5.74, 6) is 2.73. The summed E-state index contributed by atoms with van der Waals surface area (Å²) in [6, 6.07) is 15.5. The van der Waals surface area contributed by atoms with Crippen LogP contribution in [0.2, 0.25) is 0 Å². The molecule has 3 aliphatic rings. The molecule has 47 heavy (non-hydrogen) atoms. The number of benzene rings is 2. The van der Waals surface area contributed by atoms with Gasteiger partial charge in [-0.1, -0.05) is 0 Å². The van der Waals surface area contributed by atoms with Gasteiger partial charge in [0, 0.05) is 55.7 Å². The molecule has 0 unspecified atom stereocenters. The number of esters is 1. The Morgan fingerprint density at radius 1 is 0.936 bits per heavy atom. The summed E-state index contributed by atoms with van der Waals surface area (Å²) in [7, 11) is 5.17. The lowest BCUT2D eigenvalue weighted by atomic mass is 10.1. The van der Waals surface area contributed by atoms with Crippen molar-refractivity contribution in [2.45, 2.75) is 51.2 Å². The van der Waals surface area contributed by atoms with Gasteiger partial charge in [0.05, 0.1) is 31.1 Å². The van der Waals surface area contributed by atoms with E-state index in [0.29, 0.717) is 46.7 Å².